The molecule has 0 aromatic heterocycles. The zero-order valence-electron chi connectivity index (χ0n) is 11.3. The second kappa shape index (κ2) is 7.03. The molecule has 0 aliphatic carbocycles. The molecule has 0 aliphatic rings. The maximum Gasteiger partial charge on any atom is 0.120 e. The van der Waals surface area contributed by atoms with E-state index in [-0.39, 0.29) is 0 Å². The lowest BCUT2D eigenvalue weighted by molar-refractivity contribution is 0.184. The molecule has 104 valence electrons. The molecule has 2 N–H and O–H groups in total. The Morgan fingerprint density at radius 3 is 2.65 bits per heavy atom. The standard InChI is InChI=1S/C16H17NO2S/c1-18-10-12-5-4-7-14(9-12)19-11-13-6-2-3-8-15(13)16(17)20/h2-9H,10-11H2,1H3,(H2,17,20). The predicted molar refractivity (Wildman–Crippen MR) is 83.8 cm³/mol. The highest BCUT2D eigenvalue weighted by Crippen LogP contribution is 2.17. The molecule has 0 saturated heterocycles. The molecule has 0 unspecified atom stereocenters. The van der Waals surface area contributed by atoms with Gasteiger partial charge in [-0.1, -0.05) is 48.6 Å². The van der Waals surface area contributed by atoms with Crippen LogP contribution in [-0.2, 0) is 18.0 Å². The first kappa shape index (κ1) is 14.5. The van der Waals surface area contributed by atoms with Crippen LogP contribution in [-0.4, -0.2) is 12.1 Å². The molecule has 2 rings (SSSR count). The van der Waals surface area contributed by atoms with Gasteiger partial charge >= 0.3 is 0 Å². The van der Waals surface area contributed by atoms with Crippen LogP contribution in [0.3, 0.4) is 0 Å². The number of benzene rings is 2. The summed E-state index contributed by atoms with van der Waals surface area (Å²) in [5.74, 6) is 0.803. The number of thiocarbonyl (C=S) groups is 1. The lowest BCUT2D eigenvalue weighted by Gasteiger charge is -2.11. The zero-order chi connectivity index (χ0) is 14.4. The summed E-state index contributed by atoms with van der Waals surface area (Å²) in [6, 6.07) is 15.6. The molecule has 2 aromatic carbocycles. The predicted octanol–water partition coefficient (Wildman–Crippen LogP) is 3.05. The smallest absolute Gasteiger partial charge is 0.120 e. The van der Waals surface area contributed by atoms with E-state index in [4.69, 9.17) is 27.4 Å². The van der Waals surface area contributed by atoms with Crippen molar-refractivity contribution in [3.8, 4) is 5.75 Å². The lowest BCUT2D eigenvalue weighted by Crippen LogP contribution is -2.13. The van der Waals surface area contributed by atoms with Crippen LogP contribution >= 0.6 is 12.2 Å². The second-order valence-corrected chi connectivity index (χ2v) is 4.83. The highest BCUT2D eigenvalue weighted by Gasteiger charge is 2.05. The third kappa shape index (κ3) is 3.79. The molecule has 0 spiro atoms. The van der Waals surface area contributed by atoms with Crippen molar-refractivity contribution in [2.45, 2.75) is 13.2 Å². The Kier molecular flexibility index (Phi) is 5.09. The number of methoxy groups -OCH3 is 1. The highest BCUT2D eigenvalue weighted by molar-refractivity contribution is 7.80. The maximum atomic E-state index is 5.80. The molecule has 2 aromatic rings. The van der Waals surface area contributed by atoms with Crippen LogP contribution in [0.15, 0.2) is 48.5 Å². The van der Waals surface area contributed by atoms with Crippen LogP contribution in [0.25, 0.3) is 0 Å². The van der Waals surface area contributed by atoms with E-state index < -0.39 is 0 Å². The SMILES string of the molecule is COCc1cccc(OCc2ccccc2C(N)=S)c1. The fourth-order valence-electron chi connectivity index (χ4n) is 1.94. The average molecular weight is 287 g/mol. The molecule has 0 atom stereocenters. The molecule has 20 heavy (non-hydrogen) atoms. The number of ether oxygens (including phenoxy) is 2. The van der Waals surface area contributed by atoms with Crippen LogP contribution in [0.1, 0.15) is 16.7 Å². The van der Waals surface area contributed by atoms with E-state index in [2.05, 4.69) is 0 Å². The van der Waals surface area contributed by atoms with Crippen molar-refractivity contribution < 1.29 is 9.47 Å². The van der Waals surface area contributed by atoms with Crippen molar-refractivity contribution in [2.24, 2.45) is 5.73 Å². The minimum absolute atomic E-state index is 0.386. The van der Waals surface area contributed by atoms with Crippen molar-refractivity contribution in [2.75, 3.05) is 7.11 Å². The number of hydrogen-bond acceptors (Lipinski definition) is 3. The summed E-state index contributed by atoms with van der Waals surface area (Å²) in [5.41, 5.74) is 8.62. The molecule has 0 heterocycles. The summed E-state index contributed by atoms with van der Waals surface area (Å²) < 4.78 is 10.9. The van der Waals surface area contributed by atoms with E-state index >= 15 is 0 Å². The van der Waals surface area contributed by atoms with Gasteiger partial charge in [0, 0.05) is 12.7 Å². The highest BCUT2D eigenvalue weighted by atomic mass is 32.1. The van der Waals surface area contributed by atoms with Gasteiger partial charge in [0.2, 0.25) is 0 Å². The van der Waals surface area contributed by atoms with Crippen molar-refractivity contribution in [3.63, 3.8) is 0 Å². The molecule has 0 fully saturated rings. The van der Waals surface area contributed by atoms with E-state index in [0.717, 1.165) is 22.4 Å². The fourth-order valence-corrected chi connectivity index (χ4v) is 2.14. The first-order valence-corrected chi connectivity index (χ1v) is 6.70. The first-order chi connectivity index (χ1) is 9.70. The Labute approximate surface area is 124 Å². The van der Waals surface area contributed by atoms with Crippen molar-refractivity contribution in [1.29, 1.82) is 0 Å². The van der Waals surface area contributed by atoms with Gasteiger partial charge < -0.3 is 15.2 Å². The van der Waals surface area contributed by atoms with Crippen LogP contribution in [0.2, 0.25) is 0 Å². The Balaban J connectivity index is 2.09. The Hall–Kier alpha value is -1.91. The van der Waals surface area contributed by atoms with Gasteiger partial charge in [-0.3, -0.25) is 0 Å². The normalized spacial score (nSPS) is 10.2. The largest absolute Gasteiger partial charge is 0.489 e. The molecule has 4 heteroatoms. The molecule has 0 radical (unpaired) electrons. The molecule has 3 nitrogen and oxygen atoms in total. The molecule has 0 amide bonds. The minimum Gasteiger partial charge on any atom is -0.489 e. The van der Waals surface area contributed by atoms with Gasteiger partial charge in [0.25, 0.3) is 0 Å². The number of hydrogen-bond donors (Lipinski definition) is 1. The molecule has 0 saturated carbocycles. The summed E-state index contributed by atoms with van der Waals surface area (Å²) in [6.45, 7) is 1.00. The molecule has 0 aliphatic heterocycles. The van der Waals surface area contributed by atoms with Crippen LogP contribution in [0.5, 0.6) is 5.75 Å². The van der Waals surface area contributed by atoms with Gasteiger partial charge in [0.1, 0.15) is 17.3 Å². The third-order valence-electron chi connectivity index (χ3n) is 2.89. The Bertz CT molecular complexity index is 599. The monoisotopic (exact) mass is 287 g/mol. The number of nitrogens with two attached hydrogens (primary N) is 1. The summed E-state index contributed by atoms with van der Waals surface area (Å²) in [5, 5.41) is 0. The Morgan fingerprint density at radius 2 is 1.90 bits per heavy atom. The summed E-state index contributed by atoms with van der Waals surface area (Å²) >= 11 is 5.04. The average Bonchev–Trinajstić information content (AvgIpc) is 2.46. The minimum atomic E-state index is 0.386. The lowest BCUT2D eigenvalue weighted by atomic mass is 10.1. The van der Waals surface area contributed by atoms with Crippen molar-refractivity contribution >= 4 is 17.2 Å². The van der Waals surface area contributed by atoms with Gasteiger partial charge in [-0.2, -0.15) is 0 Å². The second-order valence-electron chi connectivity index (χ2n) is 4.39. The zero-order valence-corrected chi connectivity index (χ0v) is 12.2. The maximum absolute atomic E-state index is 5.80. The molecular formula is C16H17NO2S. The molecule has 0 bridgehead atoms. The van der Waals surface area contributed by atoms with Crippen molar-refractivity contribution in [3.05, 3.63) is 65.2 Å². The first-order valence-electron chi connectivity index (χ1n) is 6.29. The van der Waals surface area contributed by atoms with Crippen molar-refractivity contribution in [1.82, 2.24) is 0 Å². The van der Waals surface area contributed by atoms with E-state index in [1.54, 1.807) is 7.11 Å². The van der Waals surface area contributed by atoms with Gasteiger partial charge in [0.05, 0.1) is 6.61 Å². The molecular weight excluding hydrogens is 270 g/mol. The number of rotatable bonds is 6. The topological polar surface area (TPSA) is 44.5 Å². The van der Waals surface area contributed by atoms with Gasteiger partial charge in [-0.15, -0.1) is 0 Å². The third-order valence-corrected chi connectivity index (χ3v) is 3.11. The van der Waals surface area contributed by atoms with Crippen LogP contribution < -0.4 is 10.5 Å². The fraction of sp³-hybridized carbons (Fsp3) is 0.188. The van der Waals surface area contributed by atoms with Gasteiger partial charge in [-0.25, -0.2) is 0 Å². The van der Waals surface area contributed by atoms with E-state index in [1.807, 2.05) is 48.5 Å². The van der Waals surface area contributed by atoms with Crippen LogP contribution in [0, 0.1) is 0 Å². The quantitative estimate of drug-likeness (QED) is 0.829. The van der Waals surface area contributed by atoms with E-state index in [0.29, 0.717) is 18.2 Å². The van der Waals surface area contributed by atoms with Gasteiger partial charge in [-0.05, 0) is 23.3 Å². The van der Waals surface area contributed by atoms with E-state index in [9.17, 15) is 0 Å². The Morgan fingerprint density at radius 1 is 1.10 bits per heavy atom. The summed E-state index contributed by atoms with van der Waals surface area (Å²) in [7, 11) is 1.67. The van der Waals surface area contributed by atoms with Crippen LogP contribution in [0.4, 0.5) is 0 Å². The van der Waals surface area contributed by atoms with Gasteiger partial charge in [0.15, 0.2) is 0 Å². The summed E-state index contributed by atoms with van der Waals surface area (Å²) in [6.07, 6.45) is 0. The van der Waals surface area contributed by atoms with E-state index in [1.165, 1.54) is 0 Å². The summed E-state index contributed by atoms with van der Waals surface area (Å²) in [4.78, 5) is 0.386.